The maximum Gasteiger partial charge on any atom is 0.309 e. The van der Waals surface area contributed by atoms with Crippen LogP contribution >= 0.6 is 0 Å². The van der Waals surface area contributed by atoms with E-state index in [1.165, 1.54) is 16.8 Å². The molecular weight excluding hydrogens is 418 g/mol. The summed E-state index contributed by atoms with van der Waals surface area (Å²) >= 11 is 0. The number of Topliss-reactive ketones (excluding diaryl/α,β-unsaturated/α-hetero) is 1. The van der Waals surface area contributed by atoms with Gasteiger partial charge in [-0.3, -0.25) is 19.0 Å². The number of fused-ring (bicyclic) bond motifs is 1. The van der Waals surface area contributed by atoms with Crippen LogP contribution in [-0.4, -0.2) is 53.4 Å². The number of hydrogen-bond donors (Lipinski definition) is 3. The monoisotopic (exact) mass is 445 g/mol. The first-order valence-electron chi connectivity index (χ1n) is 10.4. The normalized spacial score (nSPS) is 18.1. The second-order valence-electron chi connectivity index (χ2n) is 8.88. The number of aliphatic carboxylic acids is 1. The number of nitrogens with zero attached hydrogens (tertiary/aromatic N) is 3. The molecule has 3 rings (SSSR count). The molecule has 172 valence electrons. The molecule has 2 heterocycles. The highest BCUT2D eigenvalue weighted by molar-refractivity contribution is 6.00. The zero-order valence-corrected chi connectivity index (χ0v) is 18.2. The van der Waals surface area contributed by atoms with Crippen LogP contribution in [0.1, 0.15) is 67.6 Å². The fourth-order valence-electron chi connectivity index (χ4n) is 3.98. The lowest BCUT2D eigenvalue weighted by atomic mass is 9.75. The number of carboxylic acids is 1. The Morgan fingerprint density at radius 3 is 2.53 bits per heavy atom. The lowest BCUT2D eigenvalue weighted by Crippen LogP contribution is -2.34. The molecule has 0 radical (unpaired) electrons. The van der Waals surface area contributed by atoms with E-state index >= 15 is 0 Å². The van der Waals surface area contributed by atoms with Gasteiger partial charge in [-0.1, -0.05) is 0 Å². The molecule has 1 aliphatic carbocycles. The van der Waals surface area contributed by atoms with Crippen molar-refractivity contribution in [3.8, 4) is 11.8 Å². The second kappa shape index (κ2) is 8.97. The predicted octanol–water partition coefficient (Wildman–Crippen LogP) is 2.42. The van der Waals surface area contributed by atoms with E-state index in [1.54, 1.807) is 26.8 Å². The summed E-state index contributed by atoms with van der Waals surface area (Å²) in [4.78, 5) is 36.9. The number of aromatic hydroxyl groups is 2. The fraction of sp³-hybridized carbons (Fsp3) is 0.500. The topological polar surface area (TPSA) is 152 Å². The summed E-state index contributed by atoms with van der Waals surface area (Å²) in [5, 5.41) is 38.1. The van der Waals surface area contributed by atoms with Gasteiger partial charge >= 0.3 is 11.9 Å². The highest BCUT2D eigenvalue weighted by atomic mass is 16.6. The predicted molar refractivity (Wildman–Crippen MR) is 111 cm³/mol. The van der Waals surface area contributed by atoms with Gasteiger partial charge in [-0.2, -0.15) is 5.10 Å². The molecule has 0 spiro atoms. The average Bonchev–Trinajstić information content (AvgIpc) is 2.96. The van der Waals surface area contributed by atoms with Crippen LogP contribution in [0.3, 0.4) is 0 Å². The zero-order chi connectivity index (χ0) is 23.6. The summed E-state index contributed by atoms with van der Waals surface area (Å²) in [6, 6.07) is 3.05. The van der Waals surface area contributed by atoms with Crippen molar-refractivity contribution in [2.24, 2.45) is 5.92 Å². The third-order valence-electron chi connectivity index (χ3n) is 5.32. The molecule has 1 aliphatic rings. The Balaban J connectivity index is 2.01. The quantitative estimate of drug-likeness (QED) is 0.431. The van der Waals surface area contributed by atoms with Gasteiger partial charge in [0.05, 0.1) is 11.8 Å². The number of rotatable bonds is 7. The number of hydrogen-bond acceptors (Lipinski definition) is 8. The van der Waals surface area contributed by atoms with Gasteiger partial charge in [0.2, 0.25) is 0 Å². The molecule has 0 fully saturated rings. The third-order valence-corrected chi connectivity index (χ3v) is 5.32. The van der Waals surface area contributed by atoms with Gasteiger partial charge in [0, 0.05) is 30.3 Å². The molecular formula is C22H27N3O7. The van der Waals surface area contributed by atoms with Gasteiger partial charge in [0.1, 0.15) is 11.3 Å². The Morgan fingerprint density at radius 1 is 1.22 bits per heavy atom. The summed E-state index contributed by atoms with van der Waals surface area (Å²) in [6.07, 6.45) is 1.60. The van der Waals surface area contributed by atoms with Crippen molar-refractivity contribution in [2.45, 2.75) is 64.5 Å². The van der Waals surface area contributed by atoms with Gasteiger partial charge in [0.25, 0.3) is 0 Å². The number of carboxylic acid groups (broad SMARTS) is 1. The van der Waals surface area contributed by atoms with E-state index < -0.39 is 35.2 Å². The summed E-state index contributed by atoms with van der Waals surface area (Å²) in [7, 11) is 0. The van der Waals surface area contributed by atoms with Crippen LogP contribution in [0.15, 0.2) is 18.3 Å². The number of ether oxygens (including phenoxy) is 1. The molecule has 0 aliphatic heterocycles. The van der Waals surface area contributed by atoms with E-state index in [2.05, 4.69) is 10.2 Å². The van der Waals surface area contributed by atoms with Gasteiger partial charge in [-0.15, -0.1) is 5.10 Å². The molecule has 2 aromatic heterocycles. The molecule has 0 unspecified atom stereocenters. The smallest absolute Gasteiger partial charge is 0.309 e. The molecule has 2 atom stereocenters. The Morgan fingerprint density at radius 2 is 1.94 bits per heavy atom. The van der Waals surface area contributed by atoms with Crippen LogP contribution in [-0.2, 0) is 27.3 Å². The van der Waals surface area contributed by atoms with Crippen molar-refractivity contribution in [3.05, 3.63) is 35.2 Å². The summed E-state index contributed by atoms with van der Waals surface area (Å²) in [5.41, 5.74) is -0.143. The van der Waals surface area contributed by atoms with Crippen LogP contribution < -0.4 is 0 Å². The molecule has 32 heavy (non-hydrogen) atoms. The minimum Gasteiger partial charge on any atom is -0.494 e. The largest absolute Gasteiger partial charge is 0.494 e. The summed E-state index contributed by atoms with van der Waals surface area (Å²) in [5.74, 6) is -4.20. The molecule has 3 N–H and O–H groups in total. The SMILES string of the molecule is CC(C)(C)OC(=O)[C@@H]1Cc2c(c(O)n(CCCC(=O)O)c2O)[C@@H](C(=O)c2cccnn2)C1. The minimum absolute atomic E-state index is 0.0418. The Bertz CT molecular complexity index is 1020. The molecule has 0 bridgehead atoms. The van der Waals surface area contributed by atoms with Crippen LogP contribution in [0.25, 0.3) is 0 Å². The van der Waals surface area contributed by atoms with Crippen LogP contribution in [0, 0.1) is 5.92 Å². The van der Waals surface area contributed by atoms with E-state index in [9.17, 15) is 24.6 Å². The highest BCUT2D eigenvalue weighted by Crippen LogP contribution is 2.47. The van der Waals surface area contributed by atoms with E-state index in [0.717, 1.165) is 0 Å². The number of carbonyl (C=O) groups excluding carboxylic acids is 2. The molecule has 0 saturated carbocycles. The maximum atomic E-state index is 13.3. The molecule has 0 saturated heterocycles. The van der Waals surface area contributed by atoms with E-state index in [4.69, 9.17) is 9.84 Å². The number of esters is 1. The van der Waals surface area contributed by atoms with Gasteiger partial charge < -0.3 is 20.1 Å². The number of aromatic nitrogens is 3. The summed E-state index contributed by atoms with van der Waals surface area (Å²) < 4.78 is 6.68. The summed E-state index contributed by atoms with van der Waals surface area (Å²) in [6.45, 7) is 5.26. The molecule has 10 heteroatoms. The number of ketones is 1. The van der Waals surface area contributed by atoms with E-state index in [0.29, 0.717) is 0 Å². The first-order valence-corrected chi connectivity index (χ1v) is 10.4. The van der Waals surface area contributed by atoms with Crippen molar-refractivity contribution in [2.75, 3.05) is 0 Å². The van der Waals surface area contributed by atoms with Crippen molar-refractivity contribution in [1.82, 2.24) is 14.8 Å². The number of carbonyl (C=O) groups is 3. The Hall–Kier alpha value is -3.43. The van der Waals surface area contributed by atoms with Crippen molar-refractivity contribution in [1.29, 1.82) is 0 Å². The van der Waals surface area contributed by atoms with Crippen molar-refractivity contribution in [3.63, 3.8) is 0 Å². The molecule has 10 nitrogen and oxygen atoms in total. The lowest BCUT2D eigenvalue weighted by Gasteiger charge is -2.29. The fourth-order valence-corrected chi connectivity index (χ4v) is 3.98. The van der Waals surface area contributed by atoms with Crippen LogP contribution in [0.2, 0.25) is 0 Å². The zero-order valence-electron chi connectivity index (χ0n) is 18.2. The highest BCUT2D eigenvalue weighted by Gasteiger charge is 2.42. The van der Waals surface area contributed by atoms with Gasteiger partial charge in [-0.05, 0) is 52.2 Å². The second-order valence-corrected chi connectivity index (χ2v) is 8.88. The molecule has 0 amide bonds. The third kappa shape index (κ3) is 4.90. The maximum absolute atomic E-state index is 13.3. The van der Waals surface area contributed by atoms with Gasteiger partial charge in [0.15, 0.2) is 17.5 Å². The molecule has 2 aromatic rings. The lowest BCUT2D eigenvalue weighted by molar-refractivity contribution is -0.160. The van der Waals surface area contributed by atoms with Crippen LogP contribution in [0.5, 0.6) is 11.8 Å². The van der Waals surface area contributed by atoms with Crippen molar-refractivity contribution < 1.29 is 34.4 Å². The van der Waals surface area contributed by atoms with Crippen molar-refractivity contribution >= 4 is 17.7 Å². The Kier molecular flexibility index (Phi) is 6.52. The minimum atomic E-state index is -0.999. The van der Waals surface area contributed by atoms with Gasteiger partial charge in [-0.25, -0.2) is 0 Å². The van der Waals surface area contributed by atoms with E-state index in [1.807, 2.05) is 0 Å². The standard InChI is InChI=1S/C22H27N3O7/c1-22(2,3)32-21(31)12-10-13(18(28)15-6-4-8-23-24-15)17-14(11-12)19(29)25(20(17)30)9-5-7-16(26)27/h4,6,8,12-13,29-30H,5,7,9-11H2,1-3H3,(H,26,27)/t12-,13-/m0/s1. The van der Waals surface area contributed by atoms with Crippen LogP contribution in [0.4, 0.5) is 0 Å². The van der Waals surface area contributed by atoms with E-state index in [-0.39, 0.29) is 60.8 Å². The first-order chi connectivity index (χ1) is 15.0. The Labute approximate surface area is 184 Å². The first kappa shape index (κ1) is 23.2. The average molecular weight is 445 g/mol. The molecule has 0 aromatic carbocycles.